The minimum absolute atomic E-state index is 0.00419. The predicted molar refractivity (Wildman–Crippen MR) is 69.3 cm³/mol. The molecule has 2 heteroatoms. The fourth-order valence-electron chi connectivity index (χ4n) is 1.46. The molecule has 2 N–H and O–H groups in total. The largest absolute Gasteiger partial charge is 0.396 e. The molecule has 2 nitrogen and oxygen atoms in total. The third-order valence-corrected chi connectivity index (χ3v) is 2.55. The molecule has 0 bridgehead atoms. The monoisotopic (exact) mass is 219 g/mol. The van der Waals surface area contributed by atoms with Crippen LogP contribution in [0.4, 0.5) is 0 Å². The van der Waals surface area contributed by atoms with Gasteiger partial charge in [-0.1, -0.05) is 42.5 Å². The summed E-state index contributed by atoms with van der Waals surface area (Å²) in [6.45, 7) is 5.24. The number of nitrogens with one attached hydrogen (secondary N) is 1. The standard InChI is InChI=1S/C14H21NO/c1-14(2,10-12-16)15-11-6-9-13-7-4-3-5-8-13/h3-9,15-16H,10-12H2,1-2H3/b9-6+. The van der Waals surface area contributed by atoms with Crippen molar-refractivity contribution in [3.8, 4) is 0 Å². The van der Waals surface area contributed by atoms with Gasteiger partial charge in [0.05, 0.1) is 0 Å². The molecule has 0 amide bonds. The van der Waals surface area contributed by atoms with E-state index in [2.05, 4.69) is 43.4 Å². The van der Waals surface area contributed by atoms with Crippen molar-refractivity contribution in [2.45, 2.75) is 25.8 Å². The molecule has 0 aliphatic carbocycles. The van der Waals surface area contributed by atoms with Crippen molar-refractivity contribution in [1.82, 2.24) is 5.32 Å². The predicted octanol–water partition coefficient (Wildman–Crippen LogP) is 2.45. The molecule has 0 spiro atoms. The molecule has 0 saturated carbocycles. The molecule has 88 valence electrons. The fraction of sp³-hybridized carbons (Fsp3) is 0.429. The Kier molecular flexibility index (Phi) is 5.23. The van der Waals surface area contributed by atoms with Gasteiger partial charge < -0.3 is 10.4 Å². The topological polar surface area (TPSA) is 32.3 Å². The van der Waals surface area contributed by atoms with E-state index in [1.54, 1.807) is 0 Å². The van der Waals surface area contributed by atoms with Crippen LogP contribution in [0.2, 0.25) is 0 Å². The quantitative estimate of drug-likeness (QED) is 0.770. The summed E-state index contributed by atoms with van der Waals surface area (Å²) in [6.07, 6.45) is 4.97. The summed E-state index contributed by atoms with van der Waals surface area (Å²) >= 11 is 0. The first-order valence-electron chi connectivity index (χ1n) is 5.71. The third kappa shape index (κ3) is 5.10. The number of benzene rings is 1. The van der Waals surface area contributed by atoms with Gasteiger partial charge in [-0.3, -0.25) is 0 Å². The molecular weight excluding hydrogens is 198 g/mol. The molecule has 0 heterocycles. The van der Waals surface area contributed by atoms with Gasteiger partial charge in [-0.15, -0.1) is 0 Å². The Morgan fingerprint density at radius 3 is 2.56 bits per heavy atom. The Bertz CT molecular complexity index is 317. The lowest BCUT2D eigenvalue weighted by Crippen LogP contribution is -2.40. The van der Waals surface area contributed by atoms with Gasteiger partial charge in [0.1, 0.15) is 0 Å². The lowest BCUT2D eigenvalue weighted by molar-refractivity contribution is 0.234. The summed E-state index contributed by atoms with van der Waals surface area (Å²) in [5.41, 5.74) is 1.21. The summed E-state index contributed by atoms with van der Waals surface area (Å²) in [6, 6.07) is 10.2. The fourth-order valence-corrected chi connectivity index (χ4v) is 1.46. The Hall–Kier alpha value is -1.12. The van der Waals surface area contributed by atoms with E-state index in [1.165, 1.54) is 5.56 Å². The maximum absolute atomic E-state index is 8.88. The molecule has 0 fully saturated rings. The van der Waals surface area contributed by atoms with Crippen LogP contribution in [0.25, 0.3) is 6.08 Å². The van der Waals surface area contributed by atoms with Gasteiger partial charge in [0, 0.05) is 18.7 Å². The molecule has 0 saturated heterocycles. The van der Waals surface area contributed by atoms with Crippen LogP contribution in [0.15, 0.2) is 36.4 Å². The molecule has 16 heavy (non-hydrogen) atoms. The third-order valence-electron chi connectivity index (χ3n) is 2.55. The van der Waals surface area contributed by atoms with Crippen molar-refractivity contribution in [3.05, 3.63) is 42.0 Å². The zero-order valence-corrected chi connectivity index (χ0v) is 10.1. The van der Waals surface area contributed by atoms with Crippen LogP contribution in [-0.4, -0.2) is 23.8 Å². The number of hydrogen-bond acceptors (Lipinski definition) is 2. The van der Waals surface area contributed by atoms with Gasteiger partial charge in [0.2, 0.25) is 0 Å². The van der Waals surface area contributed by atoms with Crippen molar-refractivity contribution >= 4 is 6.08 Å². The lowest BCUT2D eigenvalue weighted by Gasteiger charge is -2.24. The normalized spacial score (nSPS) is 12.2. The summed E-state index contributed by atoms with van der Waals surface area (Å²) in [4.78, 5) is 0. The first kappa shape index (κ1) is 12.9. The van der Waals surface area contributed by atoms with Gasteiger partial charge in [0.25, 0.3) is 0 Å². The van der Waals surface area contributed by atoms with Crippen LogP contribution in [0.5, 0.6) is 0 Å². The summed E-state index contributed by atoms with van der Waals surface area (Å²) < 4.78 is 0. The van der Waals surface area contributed by atoms with E-state index in [-0.39, 0.29) is 12.1 Å². The zero-order valence-electron chi connectivity index (χ0n) is 10.1. The van der Waals surface area contributed by atoms with Crippen molar-refractivity contribution in [1.29, 1.82) is 0 Å². The van der Waals surface area contributed by atoms with E-state index in [0.29, 0.717) is 0 Å². The molecule has 1 aromatic carbocycles. The second-order valence-electron chi connectivity index (χ2n) is 4.55. The summed E-state index contributed by atoms with van der Waals surface area (Å²) in [5, 5.41) is 12.3. The van der Waals surface area contributed by atoms with Crippen LogP contribution < -0.4 is 5.32 Å². The van der Waals surface area contributed by atoms with Crippen LogP contribution in [-0.2, 0) is 0 Å². The summed E-state index contributed by atoms with van der Waals surface area (Å²) in [5.74, 6) is 0. The zero-order chi connectivity index (χ0) is 11.9. The van der Waals surface area contributed by atoms with Gasteiger partial charge in [-0.25, -0.2) is 0 Å². The molecule has 1 rings (SSSR count). The molecular formula is C14H21NO. The van der Waals surface area contributed by atoms with Crippen molar-refractivity contribution in [2.75, 3.05) is 13.2 Å². The Morgan fingerprint density at radius 1 is 1.25 bits per heavy atom. The molecule has 0 unspecified atom stereocenters. The van der Waals surface area contributed by atoms with Crippen molar-refractivity contribution < 1.29 is 5.11 Å². The minimum atomic E-state index is -0.00419. The van der Waals surface area contributed by atoms with Crippen LogP contribution >= 0.6 is 0 Å². The molecule has 0 atom stereocenters. The SMILES string of the molecule is CC(C)(CCO)NC/C=C/c1ccccc1. The van der Waals surface area contributed by atoms with E-state index in [1.807, 2.05) is 18.2 Å². The van der Waals surface area contributed by atoms with E-state index in [9.17, 15) is 0 Å². The van der Waals surface area contributed by atoms with Gasteiger partial charge in [-0.05, 0) is 25.8 Å². The number of aliphatic hydroxyl groups is 1. The van der Waals surface area contributed by atoms with Gasteiger partial charge in [0.15, 0.2) is 0 Å². The number of hydrogen-bond donors (Lipinski definition) is 2. The second-order valence-corrected chi connectivity index (χ2v) is 4.55. The highest BCUT2D eigenvalue weighted by Gasteiger charge is 2.14. The van der Waals surface area contributed by atoms with E-state index in [4.69, 9.17) is 5.11 Å². The molecule has 0 aliphatic rings. The average Bonchev–Trinajstić information content (AvgIpc) is 2.26. The molecule has 0 aliphatic heterocycles. The van der Waals surface area contributed by atoms with Gasteiger partial charge in [-0.2, -0.15) is 0 Å². The van der Waals surface area contributed by atoms with E-state index in [0.717, 1.165) is 13.0 Å². The maximum atomic E-state index is 8.88. The first-order chi connectivity index (χ1) is 7.64. The number of aliphatic hydroxyl groups excluding tert-OH is 1. The Balaban J connectivity index is 2.33. The second kappa shape index (κ2) is 6.46. The highest BCUT2D eigenvalue weighted by atomic mass is 16.3. The van der Waals surface area contributed by atoms with Crippen LogP contribution in [0.1, 0.15) is 25.8 Å². The highest BCUT2D eigenvalue weighted by Crippen LogP contribution is 2.06. The first-order valence-corrected chi connectivity index (χ1v) is 5.71. The Morgan fingerprint density at radius 2 is 1.94 bits per heavy atom. The molecule has 0 radical (unpaired) electrons. The van der Waals surface area contributed by atoms with Crippen LogP contribution in [0, 0.1) is 0 Å². The van der Waals surface area contributed by atoms with Crippen LogP contribution in [0.3, 0.4) is 0 Å². The average molecular weight is 219 g/mol. The van der Waals surface area contributed by atoms with E-state index < -0.39 is 0 Å². The van der Waals surface area contributed by atoms with Crippen molar-refractivity contribution in [2.24, 2.45) is 0 Å². The number of rotatable bonds is 6. The highest BCUT2D eigenvalue weighted by molar-refractivity contribution is 5.48. The lowest BCUT2D eigenvalue weighted by atomic mass is 10.0. The maximum Gasteiger partial charge on any atom is 0.0448 e. The van der Waals surface area contributed by atoms with Crippen molar-refractivity contribution in [3.63, 3.8) is 0 Å². The smallest absolute Gasteiger partial charge is 0.0448 e. The van der Waals surface area contributed by atoms with E-state index >= 15 is 0 Å². The molecule has 0 aromatic heterocycles. The minimum Gasteiger partial charge on any atom is -0.396 e. The van der Waals surface area contributed by atoms with Gasteiger partial charge >= 0.3 is 0 Å². The molecule has 1 aromatic rings. The Labute approximate surface area is 98.0 Å². The summed E-state index contributed by atoms with van der Waals surface area (Å²) in [7, 11) is 0.